The molecule has 1 fully saturated rings. The maximum absolute atomic E-state index is 12.5. The molecule has 3 nitrogen and oxygen atoms in total. The highest BCUT2D eigenvalue weighted by atomic mass is 16.5. The summed E-state index contributed by atoms with van der Waals surface area (Å²) in [5.41, 5.74) is 9.40. The number of hydrogen-bond acceptors (Lipinski definition) is 2. The Kier molecular flexibility index (Phi) is 8.19. The Balaban J connectivity index is 0.00000133. The van der Waals surface area contributed by atoms with Crippen LogP contribution in [0.1, 0.15) is 67.3 Å². The van der Waals surface area contributed by atoms with E-state index in [1.54, 1.807) is 0 Å². The standard InChI is InChI=1S/C29H29NO2.C2H6/c31-29(32-20-21-9-2-1-3-10-21)30-25-14-8-13-24(19-25)28-26-15-6-4-11-22(26)17-18-23-12-5-7-16-27(23)28;1-2/h1-7,9-12,15-16,25H,8,13-14,17-20H2,(H,30,31);1-2H3. The lowest BCUT2D eigenvalue weighted by molar-refractivity contribution is 0.134. The summed E-state index contributed by atoms with van der Waals surface area (Å²) < 4.78 is 5.48. The number of ether oxygens (including phenoxy) is 1. The first kappa shape index (κ1) is 23.8. The van der Waals surface area contributed by atoms with Crippen LogP contribution in [0, 0.1) is 0 Å². The van der Waals surface area contributed by atoms with Crippen LogP contribution >= 0.6 is 0 Å². The summed E-state index contributed by atoms with van der Waals surface area (Å²) in [5.74, 6) is 0. The highest BCUT2D eigenvalue weighted by molar-refractivity contribution is 5.86. The van der Waals surface area contributed by atoms with Crippen molar-refractivity contribution >= 4 is 11.7 Å². The summed E-state index contributed by atoms with van der Waals surface area (Å²) in [6.45, 7) is 4.30. The Labute approximate surface area is 203 Å². The third-order valence-corrected chi connectivity index (χ3v) is 6.65. The molecule has 0 spiro atoms. The van der Waals surface area contributed by atoms with Crippen molar-refractivity contribution in [1.29, 1.82) is 0 Å². The van der Waals surface area contributed by atoms with Gasteiger partial charge in [-0.3, -0.25) is 0 Å². The maximum Gasteiger partial charge on any atom is 0.407 e. The molecule has 0 bridgehead atoms. The maximum atomic E-state index is 12.5. The van der Waals surface area contributed by atoms with Gasteiger partial charge in [0.1, 0.15) is 6.61 Å². The molecule has 0 radical (unpaired) electrons. The molecule has 2 aliphatic carbocycles. The largest absolute Gasteiger partial charge is 0.445 e. The topological polar surface area (TPSA) is 38.3 Å². The molecule has 1 amide bonds. The predicted octanol–water partition coefficient (Wildman–Crippen LogP) is 7.48. The minimum atomic E-state index is -0.327. The fourth-order valence-electron chi connectivity index (χ4n) is 5.10. The molecule has 0 heterocycles. The van der Waals surface area contributed by atoms with Gasteiger partial charge in [-0.05, 0) is 71.9 Å². The van der Waals surface area contributed by atoms with Gasteiger partial charge in [0.15, 0.2) is 0 Å². The number of hydrogen-bond donors (Lipinski definition) is 1. The number of nitrogens with one attached hydrogen (secondary N) is 1. The van der Waals surface area contributed by atoms with E-state index in [1.807, 2.05) is 44.2 Å². The monoisotopic (exact) mass is 453 g/mol. The molecule has 3 aromatic carbocycles. The summed E-state index contributed by atoms with van der Waals surface area (Å²) in [7, 11) is 0. The van der Waals surface area contributed by atoms with E-state index < -0.39 is 0 Å². The van der Waals surface area contributed by atoms with Gasteiger partial charge in [0, 0.05) is 6.04 Å². The molecule has 0 aromatic heterocycles. The van der Waals surface area contributed by atoms with Gasteiger partial charge in [-0.2, -0.15) is 0 Å². The summed E-state index contributed by atoms with van der Waals surface area (Å²) >= 11 is 0. The van der Waals surface area contributed by atoms with Crippen molar-refractivity contribution in [2.45, 2.75) is 65.0 Å². The molecule has 5 rings (SSSR count). The SMILES string of the molecule is CC.O=C(NC1CCCC(=C2c3ccccc3CCc3ccccc32)C1)OCc1ccccc1. The predicted molar refractivity (Wildman–Crippen MR) is 140 cm³/mol. The fourth-order valence-corrected chi connectivity index (χ4v) is 5.10. The molecule has 1 saturated carbocycles. The van der Waals surface area contributed by atoms with Crippen molar-refractivity contribution in [3.63, 3.8) is 0 Å². The average molecular weight is 454 g/mol. The van der Waals surface area contributed by atoms with Crippen LogP contribution < -0.4 is 5.32 Å². The number of fused-ring (bicyclic) bond motifs is 2. The Morgan fingerprint density at radius 2 is 1.41 bits per heavy atom. The van der Waals surface area contributed by atoms with Gasteiger partial charge in [-0.25, -0.2) is 4.79 Å². The lowest BCUT2D eigenvalue weighted by atomic mass is 9.82. The number of amides is 1. The number of rotatable bonds is 3. The first-order chi connectivity index (χ1) is 16.8. The minimum absolute atomic E-state index is 0.108. The van der Waals surface area contributed by atoms with E-state index in [9.17, 15) is 4.79 Å². The number of alkyl carbamates (subject to hydrolysis) is 1. The van der Waals surface area contributed by atoms with E-state index >= 15 is 0 Å². The first-order valence-corrected chi connectivity index (χ1v) is 12.6. The molecule has 1 unspecified atom stereocenters. The second kappa shape index (κ2) is 11.7. The lowest BCUT2D eigenvalue weighted by Crippen LogP contribution is -2.37. The van der Waals surface area contributed by atoms with Crippen molar-refractivity contribution in [2.75, 3.05) is 0 Å². The fraction of sp³-hybridized carbons (Fsp3) is 0.323. The van der Waals surface area contributed by atoms with Crippen LogP contribution in [0.4, 0.5) is 4.79 Å². The molecule has 34 heavy (non-hydrogen) atoms. The number of carbonyl (C=O) groups excluding carboxylic acids is 1. The summed E-state index contributed by atoms with van der Waals surface area (Å²) in [6.07, 6.45) is 5.82. The van der Waals surface area contributed by atoms with Crippen molar-refractivity contribution < 1.29 is 9.53 Å². The molecule has 176 valence electrons. The Hall–Kier alpha value is -3.33. The van der Waals surface area contributed by atoms with E-state index in [4.69, 9.17) is 4.74 Å². The van der Waals surface area contributed by atoms with E-state index in [0.717, 1.165) is 44.1 Å². The van der Waals surface area contributed by atoms with E-state index in [0.29, 0.717) is 6.61 Å². The molecule has 0 aliphatic heterocycles. The van der Waals surface area contributed by atoms with Gasteiger partial charge >= 0.3 is 6.09 Å². The lowest BCUT2D eigenvalue weighted by Gasteiger charge is -2.28. The Morgan fingerprint density at radius 3 is 2.06 bits per heavy atom. The van der Waals surface area contributed by atoms with Crippen molar-refractivity contribution in [2.24, 2.45) is 0 Å². The molecular formula is C31H35NO2. The van der Waals surface area contributed by atoms with Crippen LogP contribution in [0.2, 0.25) is 0 Å². The van der Waals surface area contributed by atoms with E-state index in [-0.39, 0.29) is 12.1 Å². The summed E-state index contributed by atoms with van der Waals surface area (Å²) in [4.78, 5) is 12.5. The zero-order valence-corrected chi connectivity index (χ0v) is 20.3. The number of carbonyl (C=O) groups is 1. The zero-order chi connectivity index (χ0) is 23.8. The van der Waals surface area contributed by atoms with Crippen molar-refractivity contribution in [3.05, 3.63) is 112 Å². The molecule has 0 saturated heterocycles. The van der Waals surface area contributed by atoms with Crippen LogP contribution in [0.3, 0.4) is 0 Å². The minimum Gasteiger partial charge on any atom is -0.445 e. The second-order valence-electron chi connectivity index (χ2n) is 8.79. The van der Waals surface area contributed by atoms with Gasteiger partial charge in [0.25, 0.3) is 0 Å². The van der Waals surface area contributed by atoms with Gasteiger partial charge in [0.2, 0.25) is 0 Å². The van der Waals surface area contributed by atoms with Crippen LogP contribution in [-0.2, 0) is 24.2 Å². The Morgan fingerprint density at radius 1 is 0.824 bits per heavy atom. The van der Waals surface area contributed by atoms with E-state index in [1.165, 1.54) is 33.4 Å². The molecule has 1 atom stereocenters. The van der Waals surface area contributed by atoms with Crippen molar-refractivity contribution in [1.82, 2.24) is 5.32 Å². The van der Waals surface area contributed by atoms with E-state index in [2.05, 4.69) is 53.8 Å². The van der Waals surface area contributed by atoms with Gasteiger partial charge in [0.05, 0.1) is 0 Å². The third kappa shape index (κ3) is 5.59. The number of aryl methyl sites for hydroxylation is 2. The molecule has 1 N–H and O–H groups in total. The quantitative estimate of drug-likeness (QED) is 0.446. The highest BCUT2D eigenvalue weighted by Gasteiger charge is 2.26. The molecule has 3 heteroatoms. The van der Waals surface area contributed by atoms with Gasteiger partial charge in [-0.15, -0.1) is 0 Å². The average Bonchev–Trinajstić information content (AvgIpc) is 3.06. The second-order valence-corrected chi connectivity index (χ2v) is 8.79. The Bertz CT molecular complexity index is 1080. The third-order valence-electron chi connectivity index (χ3n) is 6.65. The van der Waals surface area contributed by atoms with Crippen molar-refractivity contribution in [3.8, 4) is 0 Å². The summed E-state index contributed by atoms with van der Waals surface area (Å²) in [6, 6.07) is 27.6. The van der Waals surface area contributed by atoms with Crippen LogP contribution in [0.25, 0.3) is 5.57 Å². The normalized spacial score (nSPS) is 16.8. The number of benzene rings is 3. The molecular weight excluding hydrogens is 418 g/mol. The van der Waals surface area contributed by atoms with Crippen LogP contribution in [-0.4, -0.2) is 12.1 Å². The molecule has 3 aromatic rings. The van der Waals surface area contributed by atoms with Crippen LogP contribution in [0.15, 0.2) is 84.4 Å². The van der Waals surface area contributed by atoms with Crippen LogP contribution in [0.5, 0.6) is 0 Å². The van der Waals surface area contributed by atoms with Gasteiger partial charge < -0.3 is 10.1 Å². The first-order valence-electron chi connectivity index (χ1n) is 12.6. The summed E-state index contributed by atoms with van der Waals surface area (Å²) in [5, 5.41) is 3.13. The zero-order valence-electron chi connectivity index (χ0n) is 20.3. The molecule has 2 aliphatic rings. The van der Waals surface area contributed by atoms with Gasteiger partial charge in [-0.1, -0.05) is 98.3 Å². The smallest absolute Gasteiger partial charge is 0.407 e. The highest BCUT2D eigenvalue weighted by Crippen LogP contribution is 2.40.